The lowest BCUT2D eigenvalue weighted by Crippen LogP contribution is -2.14. The van der Waals surface area contributed by atoms with Gasteiger partial charge in [0, 0.05) is 18.7 Å². The average molecular weight is 177 g/mol. The molecule has 0 aliphatic heterocycles. The topological polar surface area (TPSA) is 49.3 Å². The quantitative estimate of drug-likeness (QED) is 0.529. The molecule has 0 aliphatic carbocycles. The van der Waals surface area contributed by atoms with Crippen LogP contribution in [-0.4, -0.2) is 18.1 Å². The molecule has 0 unspecified atom stereocenters. The van der Waals surface area contributed by atoms with E-state index in [1.54, 1.807) is 24.3 Å². The lowest BCUT2D eigenvalue weighted by molar-refractivity contribution is -0.116. The van der Waals surface area contributed by atoms with Crippen LogP contribution in [0, 0.1) is 0 Å². The van der Waals surface area contributed by atoms with E-state index < -0.39 is 0 Å². The van der Waals surface area contributed by atoms with Crippen LogP contribution in [-0.2, 0) is 4.79 Å². The standard InChI is InChI=1S/C10H11NO2/c1-11-10(13)7-9(12)8-5-3-2-4-6-8/h2-7,12H,1H3,(H,11,13). The van der Waals surface area contributed by atoms with Crippen LogP contribution >= 0.6 is 0 Å². The zero-order chi connectivity index (χ0) is 9.68. The first-order chi connectivity index (χ1) is 6.24. The lowest BCUT2D eigenvalue weighted by atomic mass is 10.2. The predicted molar refractivity (Wildman–Crippen MR) is 51.1 cm³/mol. The predicted octanol–water partition coefficient (Wildman–Crippen LogP) is 1.33. The van der Waals surface area contributed by atoms with Crippen molar-refractivity contribution in [3.8, 4) is 0 Å². The summed E-state index contributed by atoms with van der Waals surface area (Å²) in [6.45, 7) is 0. The van der Waals surface area contributed by atoms with E-state index in [-0.39, 0.29) is 11.7 Å². The summed E-state index contributed by atoms with van der Waals surface area (Å²) in [5, 5.41) is 11.8. The molecule has 1 aromatic rings. The average Bonchev–Trinajstić information content (AvgIpc) is 2.19. The minimum Gasteiger partial charge on any atom is -0.507 e. The number of nitrogens with one attached hydrogen (secondary N) is 1. The molecular formula is C10H11NO2. The summed E-state index contributed by atoms with van der Waals surface area (Å²) < 4.78 is 0. The van der Waals surface area contributed by atoms with Gasteiger partial charge in [-0.2, -0.15) is 0 Å². The van der Waals surface area contributed by atoms with Crippen molar-refractivity contribution in [1.82, 2.24) is 5.32 Å². The Hall–Kier alpha value is -1.77. The number of rotatable bonds is 2. The van der Waals surface area contributed by atoms with Gasteiger partial charge in [0.1, 0.15) is 5.76 Å². The Labute approximate surface area is 76.7 Å². The summed E-state index contributed by atoms with van der Waals surface area (Å²) in [6, 6.07) is 8.90. The second-order valence-electron chi connectivity index (χ2n) is 2.51. The van der Waals surface area contributed by atoms with Gasteiger partial charge in [0.15, 0.2) is 0 Å². The van der Waals surface area contributed by atoms with E-state index in [2.05, 4.69) is 5.32 Å². The Morgan fingerprint density at radius 1 is 1.38 bits per heavy atom. The number of carbonyl (C=O) groups is 1. The number of hydrogen-bond acceptors (Lipinski definition) is 2. The molecule has 0 aliphatic rings. The molecule has 0 bridgehead atoms. The van der Waals surface area contributed by atoms with Gasteiger partial charge in [0.05, 0.1) is 0 Å². The molecule has 0 spiro atoms. The van der Waals surface area contributed by atoms with Crippen LogP contribution in [0.1, 0.15) is 5.56 Å². The molecule has 3 nitrogen and oxygen atoms in total. The van der Waals surface area contributed by atoms with E-state index in [0.717, 1.165) is 6.08 Å². The Balaban J connectivity index is 2.85. The highest BCUT2D eigenvalue weighted by atomic mass is 16.3. The Kier molecular flexibility index (Phi) is 3.09. The van der Waals surface area contributed by atoms with E-state index >= 15 is 0 Å². The molecule has 2 N–H and O–H groups in total. The van der Waals surface area contributed by atoms with Gasteiger partial charge in [-0.25, -0.2) is 0 Å². The normalized spacial score (nSPS) is 11.0. The van der Waals surface area contributed by atoms with Crippen LogP contribution in [0.5, 0.6) is 0 Å². The SMILES string of the molecule is CNC(=O)C=C(O)c1ccccc1. The van der Waals surface area contributed by atoms with Gasteiger partial charge in [0.25, 0.3) is 0 Å². The first kappa shape index (κ1) is 9.32. The highest BCUT2D eigenvalue weighted by molar-refractivity contribution is 5.93. The van der Waals surface area contributed by atoms with Gasteiger partial charge in [0.2, 0.25) is 5.91 Å². The first-order valence-corrected chi connectivity index (χ1v) is 3.92. The second kappa shape index (κ2) is 4.30. The van der Waals surface area contributed by atoms with Gasteiger partial charge in [-0.1, -0.05) is 30.3 Å². The molecular weight excluding hydrogens is 166 g/mol. The maximum absolute atomic E-state index is 10.8. The van der Waals surface area contributed by atoms with Crippen LogP contribution < -0.4 is 5.32 Å². The van der Waals surface area contributed by atoms with E-state index in [4.69, 9.17) is 0 Å². The summed E-state index contributed by atoms with van der Waals surface area (Å²) in [6.07, 6.45) is 1.15. The van der Waals surface area contributed by atoms with Crippen LogP contribution in [0.25, 0.3) is 5.76 Å². The third-order valence-corrected chi connectivity index (χ3v) is 1.58. The van der Waals surface area contributed by atoms with Crippen molar-refractivity contribution in [1.29, 1.82) is 0 Å². The van der Waals surface area contributed by atoms with Crippen LogP contribution in [0.2, 0.25) is 0 Å². The van der Waals surface area contributed by atoms with Crippen molar-refractivity contribution in [2.24, 2.45) is 0 Å². The molecule has 1 rings (SSSR count). The molecule has 0 saturated carbocycles. The van der Waals surface area contributed by atoms with E-state index in [0.29, 0.717) is 5.56 Å². The maximum Gasteiger partial charge on any atom is 0.247 e. The van der Waals surface area contributed by atoms with E-state index in [1.807, 2.05) is 6.07 Å². The monoisotopic (exact) mass is 177 g/mol. The Morgan fingerprint density at radius 2 is 2.00 bits per heavy atom. The van der Waals surface area contributed by atoms with Crippen molar-refractivity contribution in [3.63, 3.8) is 0 Å². The molecule has 13 heavy (non-hydrogen) atoms. The summed E-state index contributed by atoms with van der Waals surface area (Å²) in [4.78, 5) is 10.8. The van der Waals surface area contributed by atoms with Gasteiger partial charge < -0.3 is 10.4 Å². The van der Waals surface area contributed by atoms with Crippen molar-refractivity contribution < 1.29 is 9.90 Å². The highest BCUT2D eigenvalue weighted by Gasteiger charge is 1.99. The van der Waals surface area contributed by atoms with Crippen molar-refractivity contribution >= 4 is 11.7 Å². The number of aliphatic hydroxyl groups excluding tert-OH is 1. The highest BCUT2D eigenvalue weighted by Crippen LogP contribution is 2.09. The van der Waals surface area contributed by atoms with Crippen molar-refractivity contribution in [3.05, 3.63) is 42.0 Å². The first-order valence-electron chi connectivity index (χ1n) is 3.92. The smallest absolute Gasteiger partial charge is 0.247 e. The summed E-state index contributed by atoms with van der Waals surface area (Å²) in [5.74, 6) is -0.346. The zero-order valence-electron chi connectivity index (χ0n) is 7.32. The molecule has 0 saturated heterocycles. The van der Waals surface area contributed by atoms with Gasteiger partial charge in [-0.15, -0.1) is 0 Å². The zero-order valence-corrected chi connectivity index (χ0v) is 7.32. The molecule has 68 valence electrons. The van der Waals surface area contributed by atoms with Crippen molar-refractivity contribution in [2.45, 2.75) is 0 Å². The molecule has 1 aromatic carbocycles. The third kappa shape index (κ3) is 2.63. The summed E-state index contributed by atoms with van der Waals surface area (Å²) in [7, 11) is 1.51. The number of amides is 1. The Bertz CT molecular complexity index is 317. The van der Waals surface area contributed by atoms with E-state index in [1.165, 1.54) is 7.05 Å². The second-order valence-corrected chi connectivity index (χ2v) is 2.51. The fourth-order valence-corrected chi connectivity index (χ4v) is 0.889. The van der Waals surface area contributed by atoms with Crippen LogP contribution in [0.15, 0.2) is 36.4 Å². The molecule has 0 radical (unpaired) electrons. The molecule has 0 aromatic heterocycles. The van der Waals surface area contributed by atoms with Gasteiger partial charge in [-0.05, 0) is 0 Å². The minimum absolute atomic E-state index is 0.0278. The maximum atomic E-state index is 10.8. The molecule has 0 heterocycles. The summed E-state index contributed by atoms with van der Waals surface area (Å²) >= 11 is 0. The number of benzene rings is 1. The number of carbonyl (C=O) groups excluding carboxylic acids is 1. The van der Waals surface area contributed by atoms with Crippen LogP contribution in [0.3, 0.4) is 0 Å². The van der Waals surface area contributed by atoms with Crippen molar-refractivity contribution in [2.75, 3.05) is 7.05 Å². The van der Waals surface area contributed by atoms with Gasteiger partial charge >= 0.3 is 0 Å². The largest absolute Gasteiger partial charge is 0.507 e. The summed E-state index contributed by atoms with van der Waals surface area (Å²) in [5.41, 5.74) is 0.631. The van der Waals surface area contributed by atoms with E-state index in [9.17, 15) is 9.90 Å². The fourth-order valence-electron chi connectivity index (χ4n) is 0.889. The molecule has 0 fully saturated rings. The molecule has 3 heteroatoms. The fraction of sp³-hybridized carbons (Fsp3) is 0.100. The molecule has 0 atom stereocenters. The van der Waals surface area contributed by atoms with Gasteiger partial charge in [-0.3, -0.25) is 4.79 Å². The molecule has 1 amide bonds. The lowest BCUT2D eigenvalue weighted by Gasteiger charge is -1.98. The number of likely N-dealkylation sites (N-methyl/N-ethyl adjacent to an activating group) is 1. The minimum atomic E-state index is -0.318. The third-order valence-electron chi connectivity index (χ3n) is 1.58. The number of hydrogen-bond donors (Lipinski definition) is 2. The Morgan fingerprint density at radius 3 is 2.54 bits per heavy atom. The number of aliphatic hydroxyl groups is 1. The van der Waals surface area contributed by atoms with Crippen LogP contribution in [0.4, 0.5) is 0 Å².